The van der Waals surface area contributed by atoms with Crippen molar-refractivity contribution < 1.29 is 8.78 Å². The van der Waals surface area contributed by atoms with Crippen molar-refractivity contribution in [1.82, 2.24) is 4.90 Å². The molecule has 1 aliphatic carbocycles. The number of nitrogens with zero attached hydrogens (tertiary/aromatic N) is 1. The highest BCUT2D eigenvalue weighted by Gasteiger charge is 2.67. The number of halogens is 2. The number of fused-ring (bicyclic) bond motifs is 1. The van der Waals surface area contributed by atoms with Gasteiger partial charge >= 0.3 is 0 Å². The molecule has 64 valence electrons. The van der Waals surface area contributed by atoms with Gasteiger partial charge < -0.3 is 4.90 Å². The van der Waals surface area contributed by atoms with E-state index in [9.17, 15) is 8.78 Å². The average Bonchev–Trinajstić information content (AvgIpc) is 2.51. The summed E-state index contributed by atoms with van der Waals surface area (Å²) in [4.78, 5) is 2.14. The Hall–Kier alpha value is -0.180. The highest BCUT2D eigenvalue weighted by Crippen LogP contribution is 2.59. The van der Waals surface area contributed by atoms with Gasteiger partial charge in [-0.25, -0.2) is 8.78 Å². The normalized spacial score (nSPS) is 42.8. The van der Waals surface area contributed by atoms with Gasteiger partial charge in [0.1, 0.15) is 0 Å². The summed E-state index contributed by atoms with van der Waals surface area (Å²) in [6.45, 7) is 1.69. The van der Waals surface area contributed by atoms with E-state index < -0.39 is 5.92 Å². The first-order valence-corrected chi connectivity index (χ1v) is 4.18. The molecule has 1 nitrogen and oxygen atoms in total. The molecule has 0 bridgehead atoms. The summed E-state index contributed by atoms with van der Waals surface area (Å²) in [6, 6.07) is 0. The van der Waals surface area contributed by atoms with Crippen LogP contribution in [0.5, 0.6) is 0 Å². The quantitative estimate of drug-likeness (QED) is 0.521. The van der Waals surface area contributed by atoms with Crippen molar-refractivity contribution in [3.05, 3.63) is 0 Å². The lowest BCUT2D eigenvalue weighted by molar-refractivity contribution is 0.0734. The Morgan fingerprint density at radius 3 is 2.09 bits per heavy atom. The smallest absolute Gasteiger partial charge is 0.254 e. The van der Waals surface area contributed by atoms with E-state index in [1.807, 2.05) is 7.05 Å². The van der Waals surface area contributed by atoms with Gasteiger partial charge in [0.15, 0.2) is 0 Å². The highest BCUT2D eigenvalue weighted by molar-refractivity contribution is 5.06. The zero-order valence-corrected chi connectivity index (χ0v) is 6.69. The van der Waals surface area contributed by atoms with E-state index in [4.69, 9.17) is 0 Å². The first-order valence-electron chi connectivity index (χ1n) is 4.18. The van der Waals surface area contributed by atoms with Crippen LogP contribution in [0.1, 0.15) is 12.8 Å². The fourth-order valence-corrected chi connectivity index (χ4v) is 2.08. The van der Waals surface area contributed by atoms with Crippen LogP contribution in [0.15, 0.2) is 0 Å². The van der Waals surface area contributed by atoms with Crippen LogP contribution >= 0.6 is 0 Å². The molecule has 0 aromatic carbocycles. The predicted octanol–water partition coefficient (Wildman–Crippen LogP) is 1.59. The van der Waals surface area contributed by atoms with Gasteiger partial charge in [-0.2, -0.15) is 0 Å². The van der Waals surface area contributed by atoms with E-state index in [-0.39, 0.29) is 11.8 Å². The third-order valence-electron chi connectivity index (χ3n) is 3.01. The van der Waals surface area contributed by atoms with Crippen molar-refractivity contribution in [2.45, 2.75) is 18.8 Å². The lowest BCUT2D eigenvalue weighted by Crippen LogP contribution is -2.21. The molecule has 1 heterocycles. The number of hydrogen-bond donors (Lipinski definition) is 0. The summed E-state index contributed by atoms with van der Waals surface area (Å²) < 4.78 is 25.6. The maximum Gasteiger partial charge on any atom is 0.254 e. The summed E-state index contributed by atoms with van der Waals surface area (Å²) in [6.07, 6.45) is 1.38. The Morgan fingerprint density at radius 1 is 1.18 bits per heavy atom. The summed E-state index contributed by atoms with van der Waals surface area (Å²) in [5, 5.41) is 0. The average molecular weight is 161 g/mol. The molecule has 0 spiro atoms. The van der Waals surface area contributed by atoms with E-state index in [0.29, 0.717) is 12.8 Å². The molecule has 11 heavy (non-hydrogen) atoms. The minimum atomic E-state index is -2.30. The van der Waals surface area contributed by atoms with Gasteiger partial charge in [-0.15, -0.1) is 0 Å². The van der Waals surface area contributed by atoms with Gasteiger partial charge in [0, 0.05) is 11.8 Å². The molecular formula is C8H13F2N. The molecule has 3 heteroatoms. The molecule has 2 aliphatic rings. The first-order chi connectivity index (χ1) is 5.12. The molecule has 1 aliphatic heterocycles. The third kappa shape index (κ3) is 1.06. The van der Waals surface area contributed by atoms with Crippen LogP contribution in [0.4, 0.5) is 8.78 Å². The van der Waals surface area contributed by atoms with E-state index >= 15 is 0 Å². The first kappa shape index (κ1) is 7.47. The third-order valence-corrected chi connectivity index (χ3v) is 3.01. The van der Waals surface area contributed by atoms with Crippen LogP contribution in [0.2, 0.25) is 0 Å². The molecule has 0 aromatic rings. The molecule has 1 saturated carbocycles. The van der Waals surface area contributed by atoms with Crippen LogP contribution < -0.4 is 0 Å². The minimum Gasteiger partial charge on any atom is -0.306 e. The van der Waals surface area contributed by atoms with Gasteiger partial charge in [-0.1, -0.05) is 0 Å². The summed E-state index contributed by atoms with van der Waals surface area (Å²) in [5.41, 5.74) is 0. The Balaban J connectivity index is 1.98. The lowest BCUT2D eigenvalue weighted by Gasteiger charge is -2.13. The van der Waals surface area contributed by atoms with Gasteiger partial charge in [0.25, 0.3) is 5.92 Å². The molecule has 2 rings (SSSR count). The maximum absolute atomic E-state index is 12.8. The van der Waals surface area contributed by atoms with Crippen LogP contribution in [-0.4, -0.2) is 31.0 Å². The zero-order chi connectivity index (χ0) is 8.06. The highest BCUT2D eigenvalue weighted by atomic mass is 19.3. The standard InChI is InChI=1S/C8H13F2N/c1-11-4-2-6-7(3-5-11)8(6,9)10/h6-7H,2-5H2,1H3. The molecule has 2 atom stereocenters. The van der Waals surface area contributed by atoms with Crippen molar-refractivity contribution in [1.29, 1.82) is 0 Å². The largest absolute Gasteiger partial charge is 0.306 e. The Kier molecular flexibility index (Phi) is 1.46. The molecule has 0 radical (unpaired) electrons. The van der Waals surface area contributed by atoms with Gasteiger partial charge in [-0.3, -0.25) is 0 Å². The summed E-state index contributed by atoms with van der Waals surface area (Å²) in [5.74, 6) is -2.87. The number of likely N-dealkylation sites (tertiary alicyclic amines) is 1. The van der Waals surface area contributed by atoms with Crippen LogP contribution in [0.25, 0.3) is 0 Å². The SMILES string of the molecule is CN1CCC2C(CC1)C2(F)F. The molecule has 1 saturated heterocycles. The monoisotopic (exact) mass is 161 g/mol. The summed E-state index contributed by atoms with van der Waals surface area (Å²) in [7, 11) is 2.00. The summed E-state index contributed by atoms with van der Waals surface area (Å²) >= 11 is 0. The van der Waals surface area contributed by atoms with Crippen molar-refractivity contribution >= 4 is 0 Å². The van der Waals surface area contributed by atoms with E-state index in [1.165, 1.54) is 0 Å². The van der Waals surface area contributed by atoms with Crippen molar-refractivity contribution in [2.75, 3.05) is 20.1 Å². The molecular weight excluding hydrogens is 148 g/mol. The number of hydrogen-bond acceptors (Lipinski definition) is 1. The molecule has 0 amide bonds. The topological polar surface area (TPSA) is 3.24 Å². The Morgan fingerprint density at radius 2 is 1.64 bits per heavy atom. The number of rotatable bonds is 0. The molecule has 0 aromatic heterocycles. The van der Waals surface area contributed by atoms with E-state index in [1.54, 1.807) is 0 Å². The Labute approximate surface area is 65.4 Å². The lowest BCUT2D eigenvalue weighted by atomic mass is 10.2. The van der Waals surface area contributed by atoms with Crippen LogP contribution in [-0.2, 0) is 0 Å². The van der Waals surface area contributed by atoms with Gasteiger partial charge in [-0.05, 0) is 33.0 Å². The van der Waals surface area contributed by atoms with Crippen molar-refractivity contribution in [3.63, 3.8) is 0 Å². The molecule has 2 fully saturated rings. The van der Waals surface area contributed by atoms with Crippen molar-refractivity contribution in [2.24, 2.45) is 11.8 Å². The van der Waals surface area contributed by atoms with Crippen LogP contribution in [0, 0.1) is 11.8 Å². The second-order valence-corrected chi connectivity index (χ2v) is 3.77. The van der Waals surface area contributed by atoms with E-state index in [0.717, 1.165) is 13.1 Å². The van der Waals surface area contributed by atoms with Crippen LogP contribution in [0.3, 0.4) is 0 Å². The van der Waals surface area contributed by atoms with E-state index in [2.05, 4.69) is 4.90 Å². The van der Waals surface area contributed by atoms with Gasteiger partial charge in [0.05, 0.1) is 0 Å². The molecule has 2 unspecified atom stereocenters. The number of alkyl halides is 2. The minimum absolute atomic E-state index is 0.285. The fraction of sp³-hybridized carbons (Fsp3) is 1.00. The zero-order valence-electron chi connectivity index (χ0n) is 6.69. The fourth-order valence-electron chi connectivity index (χ4n) is 2.08. The second kappa shape index (κ2) is 2.16. The predicted molar refractivity (Wildman–Crippen MR) is 38.7 cm³/mol. The molecule has 0 N–H and O–H groups in total. The van der Waals surface area contributed by atoms with Gasteiger partial charge in [0.2, 0.25) is 0 Å². The Bertz CT molecular complexity index is 153. The maximum atomic E-state index is 12.8. The second-order valence-electron chi connectivity index (χ2n) is 3.77. The van der Waals surface area contributed by atoms with Crippen molar-refractivity contribution in [3.8, 4) is 0 Å².